The Bertz CT molecular complexity index is 599. The van der Waals surface area contributed by atoms with Crippen molar-refractivity contribution in [1.82, 2.24) is 0 Å². The first-order chi connectivity index (χ1) is 9.20. The zero-order valence-corrected chi connectivity index (χ0v) is 11.0. The number of nitrogens with zero attached hydrogens (tertiary/aromatic N) is 2. The van der Waals surface area contributed by atoms with Crippen LogP contribution in [0.5, 0.6) is 5.75 Å². The Balaban J connectivity index is 2.27. The number of rotatable bonds is 4. The Kier molecular flexibility index (Phi) is 4.36. The van der Waals surface area contributed by atoms with Crippen molar-refractivity contribution in [2.24, 2.45) is 10.2 Å². The number of hydrogen-bond acceptors (Lipinski definition) is 4. The van der Waals surface area contributed by atoms with Crippen molar-refractivity contribution in [3.8, 4) is 5.75 Å². The van der Waals surface area contributed by atoms with Crippen LogP contribution >= 0.6 is 11.6 Å². The number of aromatic hydroxyl groups is 1. The van der Waals surface area contributed by atoms with Gasteiger partial charge in [0.15, 0.2) is 0 Å². The Morgan fingerprint density at radius 1 is 1.05 bits per heavy atom. The van der Waals surface area contributed by atoms with Crippen LogP contribution < -0.4 is 5.73 Å². The predicted octanol–water partition coefficient (Wildman–Crippen LogP) is 4.17. The van der Waals surface area contributed by atoms with Crippen molar-refractivity contribution < 1.29 is 5.11 Å². The lowest BCUT2D eigenvalue weighted by molar-refractivity contribution is 0.476. The molecular weight excluding hydrogens is 262 g/mol. The number of phenolic OH excluding ortho intramolecular Hbond substituents is 1. The van der Waals surface area contributed by atoms with Gasteiger partial charge in [0.2, 0.25) is 0 Å². The van der Waals surface area contributed by atoms with Gasteiger partial charge in [0.1, 0.15) is 17.1 Å². The third kappa shape index (κ3) is 3.45. The summed E-state index contributed by atoms with van der Waals surface area (Å²) in [6.07, 6.45) is 0.720. The van der Waals surface area contributed by atoms with Crippen molar-refractivity contribution in [2.75, 3.05) is 11.6 Å². The van der Waals surface area contributed by atoms with Crippen molar-refractivity contribution in [3.63, 3.8) is 0 Å². The molecule has 0 heterocycles. The second kappa shape index (κ2) is 6.20. The minimum absolute atomic E-state index is 0.0802. The monoisotopic (exact) mass is 275 g/mol. The molecule has 4 nitrogen and oxygen atoms in total. The molecule has 0 radical (unpaired) electrons. The van der Waals surface area contributed by atoms with E-state index >= 15 is 0 Å². The summed E-state index contributed by atoms with van der Waals surface area (Å²) < 4.78 is 0. The van der Waals surface area contributed by atoms with Crippen molar-refractivity contribution in [2.45, 2.75) is 6.42 Å². The average molecular weight is 276 g/mol. The summed E-state index contributed by atoms with van der Waals surface area (Å²) in [5.74, 6) is 0.601. The first kappa shape index (κ1) is 13.4. The Hall–Kier alpha value is -2.07. The molecule has 2 aromatic carbocycles. The van der Waals surface area contributed by atoms with Gasteiger partial charge >= 0.3 is 0 Å². The van der Waals surface area contributed by atoms with Crippen molar-refractivity contribution >= 4 is 28.7 Å². The lowest BCUT2D eigenvalue weighted by Gasteiger charge is -2.02. The molecule has 0 aliphatic heterocycles. The zero-order chi connectivity index (χ0) is 13.7. The SMILES string of the molecule is Nc1ccccc1N=Nc1cc(CCCl)ccc1O. The molecule has 0 unspecified atom stereocenters. The Labute approximate surface area is 116 Å². The Morgan fingerprint density at radius 3 is 2.53 bits per heavy atom. The molecule has 0 atom stereocenters. The fourth-order valence-corrected chi connectivity index (χ4v) is 1.82. The fraction of sp³-hybridized carbons (Fsp3) is 0.143. The summed E-state index contributed by atoms with van der Waals surface area (Å²) in [6.45, 7) is 0. The first-order valence-electron chi connectivity index (χ1n) is 5.85. The lowest BCUT2D eigenvalue weighted by atomic mass is 10.1. The van der Waals surface area contributed by atoms with E-state index in [2.05, 4.69) is 10.2 Å². The molecule has 19 heavy (non-hydrogen) atoms. The van der Waals surface area contributed by atoms with Gasteiger partial charge in [0.25, 0.3) is 0 Å². The van der Waals surface area contributed by atoms with Crippen LogP contribution in [0.1, 0.15) is 5.56 Å². The molecule has 98 valence electrons. The number of nitrogen functional groups attached to an aromatic ring is 1. The first-order valence-corrected chi connectivity index (χ1v) is 6.38. The van der Waals surface area contributed by atoms with Crippen LogP contribution in [0, 0.1) is 0 Å². The minimum atomic E-state index is 0.0802. The molecule has 2 rings (SSSR count). The van der Waals surface area contributed by atoms with E-state index in [9.17, 15) is 5.11 Å². The molecule has 0 aliphatic rings. The highest BCUT2D eigenvalue weighted by atomic mass is 35.5. The van der Waals surface area contributed by atoms with Crippen LogP contribution in [-0.4, -0.2) is 11.0 Å². The fourth-order valence-electron chi connectivity index (χ4n) is 1.60. The topological polar surface area (TPSA) is 71.0 Å². The molecule has 0 fully saturated rings. The van der Waals surface area contributed by atoms with E-state index in [1.54, 1.807) is 24.3 Å². The van der Waals surface area contributed by atoms with Gasteiger partial charge < -0.3 is 10.8 Å². The summed E-state index contributed by atoms with van der Waals surface area (Å²) in [5, 5.41) is 17.8. The number of nitrogens with two attached hydrogens (primary N) is 1. The van der Waals surface area contributed by atoms with Gasteiger partial charge in [-0.2, -0.15) is 0 Å². The van der Waals surface area contributed by atoms with Crippen molar-refractivity contribution in [1.29, 1.82) is 0 Å². The van der Waals surface area contributed by atoms with Gasteiger partial charge in [-0.15, -0.1) is 21.8 Å². The molecule has 0 amide bonds. The molecule has 0 spiro atoms. The minimum Gasteiger partial charge on any atom is -0.506 e. The summed E-state index contributed by atoms with van der Waals surface area (Å²) in [4.78, 5) is 0. The summed E-state index contributed by atoms with van der Waals surface area (Å²) in [7, 11) is 0. The van der Waals surface area contributed by atoms with E-state index in [0.29, 0.717) is 22.9 Å². The van der Waals surface area contributed by atoms with E-state index in [0.717, 1.165) is 12.0 Å². The summed E-state index contributed by atoms with van der Waals surface area (Å²) >= 11 is 5.69. The number of benzene rings is 2. The van der Waals surface area contributed by atoms with Gasteiger partial charge in [0, 0.05) is 5.88 Å². The number of alkyl halides is 1. The molecule has 0 saturated heterocycles. The molecule has 0 aromatic heterocycles. The number of phenols is 1. The van der Waals surface area contributed by atoms with Crippen LogP contribution in [0.15, 0.2) is 52.7 Å². The number of hydrogen-bond donors (Lipinski definition) is 2. The number of aryl methyl sites for hydroxylation is 1. The van der Waals surface area contributed by atoms with Gasteiger partial charge in [-0.3, -0.25) is 0 Å². The summed E-state index contributed by atoms with van der Waals surface area (Å²) in [5.41, 5.74) is 8.30. The van der Waals surface area contributed by atoms with Crippen LogP contribution in [0.2, 0.25) is 0 Å². The Morgan fingerprint density at radius 2 is 1.79 bits per heavy atom. The maximum absolute atomic E-state index is 9.73. The average Bonchev–Trinajstić information content (AvgIpc) is 2.41. The molecule has 2 aromatic rings. The molecule has 0 bridgehead atoms. The number of para-hydroxylation sites is 1. The van der Waals surface area contributed by atoms with E-state index < -0.39 is 0 Å². The second-order valence-electron chi connectivity index (χ2n) is 4.02. The molecular formula is C14H14ClN3O. The van der Waals surface area contributed by atoms with Crippen LogP contribution in [-0.2, 0) is 6.42 Å². The third-order valence-corrected chi connectivity index (χ3v) is 2.81. The van der Waals surface area contributed by atoms with E-state index in [1.807, 2.05) is 18.2 Å². The van der Waals surface area contributed by atoms with Crippen LogP contribution in [0.25, 0.3) is 0 Å². The standard InChI is InChI=1S/C14H14ClN3O/c15-8-7-10-5-6-14(19)13(9-10)18-17-12-4-2-1-3-11(12)16/h1-6,9,19H,7-8,16H2. The van der Waals surface area contributed by atoms with Gasteiger partial charge in [-0.05, 0) is 36.2 Å². The quantitative estimate of drug-likeness (QED) is 0.499. The largest absolute Gasteiger partial charge is 0.506 e. The number of halogens is 1. The van der Waals surface area contributed by atoms with Gasteiger partial charge in [-0.1, -0.05) is 18.2 Å². The number of azo groups is 1. The lowest BCUT2D eigenvalue weighted by Crippen LogP contribution is -1.85. The van der Waals surface area contributed by atoms with E-state index in [4.69, 9.17) is 17.3 Å². The normalized spacial score (nSPS) is 11.0. The molecule has 0 aliphatic carbocycles. The molecule has 0 saturated carbocycles. The van der Waals surface area contributed by atoms with Crippen molar-refractivity contribution in [3.05, 3.63) is 48.0 Å². The maximum atomic E-state index is 9.73. The van der Waals surface area contributed by atoms with E-state index in [1.165, 1.54) is 0 Å². The summed E-state index contributed by atoms with van der Waals surface area (Å²) in [6, 6.07) is 12.3. The van der Waals surface area contributed by atoms with Gasteiger partial charge in [0.05, 0.1) is 5.69 Å². The zero-order valence-electron chi connectivity index (χ0n) is 10.3. The molecule has 3 N–H and O–H groups in total. The highest BCUT2D eigenvalue weighted by Gasteiger charge is 2.02. The predicted molar refractivity (Wildman–Crippen MR) is 77.6 cm³/mol. The second-order valence-corrected chi connectivity index (χ2v) is 4.40. The van der Waals surface area contributed by atoms with Crippen LogP contribution in [0.4, 0.5) is 17.1 Å². The van der Waals surface area contributed by atoms with Crippen LogP contribution in [0.3, 0.4) is 0 Å². The number of anilines is 1. The van der Waals surface area contributed by atoms with Gasteiger partial charge in [-0.25, -0.2) is 0 Å². The highest BCUT2D eigenvalue weighted by molar-refractivity contribution is 6.18. The maximum Gasteiger partial charge on any atom is 0.143 e. The van der Waals surface area contributed by atoms with E-state index in [-0.39, 0.29) is 5.75 Å². The third-order valence-electron chi connectivity index (χ3n) is 2.63. The molecule has 5 heteroatoms. The highest BCUT2D eigenvalue weighted by Crippen LogP contribution is 2.30. The smallest absolute Gasteiger partial charge is 0.143 e.